The first kappa shape index (κ1) is 24.7. The van der Waals surface area contributed by atoms with Crippen molar-refractivity contribution in [1.82, 2.24) is 24.8 Å². The van der Waals surface area contributed by atoms with Crippen molar-refractivity contribution < 1.29 is 4.79 Å². The molecule has 3 N–H and O–H groups in total. The standard InChI is InChI=1S/C28H27N7OS2/c1-17-24(37-26(32-17)19-5-4-10-30-15-19)25(36)33-22-7-3-2-6-21(22)27-34-23-13-18(14-31-28(23)38-27)16-35-11-8-20(29)9-12-35/h2-7,10,13-15,20H,8-9,11-12,16,29H2,1H3,(H,33,36). The van der Waals surface area contributed by atoms with Gasteiger partial charge in [-0.1, -0.05) is 23.5 Å². The maximum Gasteiger partial charge on any atom is 0.267 e. The number of carbonyl (C=O) groups is 1. The topological polar surface area (TPSA) is 110 Å². The largest absolute Gasteiger partial charge is 0.328 e. The fourth-order valence-corrected chi connectivity index (χ4v) is 6.49. The van der Waals surface area contributed by atoms with Gasteiger partial charge in [-0.25, -0.2) is 15.0 Å². The summed E-state index contributed by atoms with van der Waals surface area (Å²) in [5.41, 5.74) is 11.2. The molecule has 5 heterocycles. The molecular weight excluding hydrogens is 514 g/mol. The lowest BCUT2D eigenvalue weighted by Gasteiger charge is -2.29. The van der Waals surface area contributed by atoms with Gasteiger partial charge in [-0.3, -0.25) is 14.7 Å². The Morgan fingerprint density at radius 3 is 2.74 bits per heavy atom. The van der Waals surface area contributed by atoms with Crippen LogP contribution in [0.3, 0.4) is 0 Å². The molecule has 0 atom stereocenters. The molecule has 0 bridgehead atoms. The van der Waals surface area contributed by atoms with Crippen molar-refractivity contribution in [3.05, 3.63) is 77.2 Å². The Kier molecular flexibility index (Phi) is 6.94. The number of anilines is 1. The maximum atomic E-state index is 13.3. The number of aryl methyl sites for hydroxylation is 1. The van der Waals surface area contributed by atoms with E-state index >= 15 is 0 Å². The SMILES string of the molecule is Cc1nc(-c2cccnc2)sc1C(=O)Nc1ccccc1-c1nc2cc(CN3CCC(N)CC3)cnc2s1. The summed E-state index contributed by atoms with van der Waals surface area (Å²) in [7, 11) is 0. The number of amides is 1. The molecule has 1 amide bonds. The van der Waals surface area contributed by atoms with Crippen molar-refractivity contribution in [2.75, 3.05) is 18.4 Å². The number of likely N-dealkylation sites (tertiary alicyclic amines) is 1. The lowest BCUT2D eigenvalue weighted by atomic mass is 10.1. The third-order valence-corrected chi connectivity index (χ3v) is 8.88. The van der Waals surface area contributed by atoms with Crippen LogP contribution in [0.4, 0.5) is 5.69 Å². The van der Waals surface area contributed by atoms with Gasteiger partial charge in [0.25, 0.3) is 5.91 Å². The minimum Gasteiger partial charge on any atom is -0.328 e. The van der Waals surface area contributed by atoms with Crippen LogP contribution in [0, 0.1) is 6.92 Å². The normalized spacial score (nSPS) is 14.7. The van der Waals surface area contributed by atoms with Crippen LogP contribution >= 0.6 is 22.7 Å². The Labute approximate surface area is 228 Å². The molecule has 0 saturated carbocycles. The van der Waals surface area contributed by atoms with Crippen LogP contribution in [-0.4, -0.2) is 49.9 Å². The van der Waals surface area contributed by atoms with Gasteiger partial charge in [0.05, 0.1) is 11.4 Å². The number of nitrogens with two attached hydrogens (primary N) is 1. The fourth-order valence-electron chi connectivity index (χ4n) is 4.61. The van der Waals surface area contributed by atoms with E-state index in [2.05, 4.69) is 26.3 Å². The van der Waals surface area contributed by atoms with E-state index < -0.39 is 0 Å². The van der Waals surface area contributed by atoms with Crippen LogP contribution < -0.4 is 11.1 Å². The molecule has 1 aliphatic rings. The zero-order chi connectivity index (χ0) is 26.1. The Bertz CT molecular complexity index is 1590. The van der Waals surface area contributed by atoms with Gasteiger partial charge in [0.2, 0.25) is 0 Å². The molecule has 6 rings (SSSR count). The fraction of sp³-hybridized carbons (Fsp3) is 0.250. The Hall–Kier alpha value is -3.57. The van der Waals surface area contributed by atoms with E-state index in [1.807, 2.05) is 49.5 Å². The molecule has 8 nitrogen and oxygen atoms in total. The van der Waals surface area contributed by atoms with Crippen LogP contribution in [0.25, 0.3) is 31.5 Å². The molecule has 1 aliphatic heterocycles. The van der Waals surface area contributed by atoms with E-state index in [4.69, 9.17) is 15.7 Å². The van der Waals surface area contributed by atoms with Gasteiger partial charge < -0.3 is 11.1 Å². The van der Waals surface area contributed by atoms with Crippen LogP contribution in [0.5, 0.6) is 0 Å². The van der Waals surface area contributed by atoms with E-state index in [0.717, 1.165) is 69.5 Å². The van der Waals surface area contributed by atoms with Gasteiger partial charge in [0.15, 0.2) is 0 Å². The van der Waals surface area contributed by atoms with Crippen LogP contribution in [0.1, 0.15) is 33.8 Å². The second kappa shape index (κ2) is 10.7. The van der Waals surface area contributed by atoms with Crippen molar-refractivity contribution in [2.45, 2.75) is 32.4 Å². The first-order valence-corrected chi connectivity index (χ1v) is 14.2. The smallest absolute Gasteiger partial charge is 0.267 e. The first-order valence-electron chi connectivity index (χ1n) is 12.6. The monoisotopic (exact) mass is 541 g/mol. The van der Waals surface area contributed by atoms with Crippen molar-refractivity contribution in [1.29, 1.82) is 0 Å². The average Bonchev–Trinajstić information content (AvgIpc) is 3.54. The number of nitrogens with zero attached hydrogens (tertiary/aromatic N) is 5. The molecule has 1 fully saturated rings. The number of carbonyl (C=O) groups excluding carboxylic acids is 1. The highest BCUT2D eigenvalue weighted by Crippen LogP contribution is 2.35. The van der Waals surface area contributed by atoms with Crippen LogP contribution in [0.2, 0.25) is 0 Å². The number of thiazole rings is 2. The van der Waals surface area contributed by atoms with E-state index in [-0.39, 0.29) is 5.91 Å². The minimum atomic E-state index is -0.189. The zero-order valence-electron chi connectivity index (χ0n) is 20.9. The van der Waals surface area contributed by atoms with Crippen molar-refractivity contribution in [3.63, 3.8) is 0 Å². The van der Waals surface area contributed by atoms with Crippen LogP contribution in [-0.2, 0) is 6.54 Å². The van der Waals surface area contributed by atoms with E-state index in [9.17, 15) is 4.79 Å². The third kappa shape index (κ3) is 5.21. The second-order valence-electron chi connectivity index (χ2n) is 9.48. The molecule has 192 valence electrons. The summed E-state index contributed by atoms with van der Waals surface area (Å²) < 4.78 is 0. The summed E-state index contributed by atoms with van der Waals surface area (Å²) in [5, 5.41) is 4.68. The summed E-state index contributed by atoms with van der Waals surface area (Å²) in [6.07, 6.45) is 7.48. The second-order valence-corrected chi connectivity index (χ2v) is 11.5. The lowest BCUT2D eigenvalue weighted by molar-refractivity contribution is 0.103. The van der Waals surface area contributed by atoms with Gasteiger partial charge in [-0.15, -0.1) is 11.3 Å². The van der Waals surface area contributed by atoms with Gasteiger partial charge in [-0.05, 0) is 68.8 Å². The molecular formula is C28H27N7OS2. The minimum absolute atomic E-state index is 0.189. The molecule has 0 spiro atoms. The number of aromatic nitrogens is 4. The molecule has 5 aromatic rings. The summed E-state index contributed by atoms with van der Waals surface area (Å²) >= 11 is 2.89. The number of nitrogens with one attached hydrogen (secondary N) is 1. The van der Waals surface area contributed by atoms with Crippen molar-refractivity contribution in [3.8, 4) is 21.1 Å². The Balaban J connectivity index is 1.23. The number of piperidine rings is 1. The summed E-state index contributed by atoms with van der Waals surface area (Å²) in [5.74, 6) is -0.189. The number of hydrogen-bond donors (Lipinski definition) is 2. The van der Waals surface area contributed by atoms with E-state index in [1.165, 1.54) is 22.7 Å². The highest BCUT2D eigenvalue weighted by atomic mass is 32.1. The molecule has 0 radical (unpaired) electrons. The molecule has 0 aliphatic carbocycles. The van der Waals surface area contributed by atoms with Crippen molar-refractivity contribution >= 4 is 44.6 Å². The van der Waals surface area contributed by atoms with Crippen LogP contribution in [0.15, 0.2) is 61.1 Å². The zero-order valence-corrected chi connectivity index (χ0v) is 22.6. The number of hydrogen-bond acceptors (Lipinski definition) is 9. The highest BCUT2D eigenvalue weighted by molar-refractivity contribution is 7.21. The quantitative estimate of drug-likeness (QED) is 0.298. The molecule has 10 heteroatoms. The Morgan fingerprint density at radius 2 is 1.92 bits per heavy atom. The summed E-state index contributed by atoms with van der Waals surface area (Å²) in [6.45, 7) is 4.73. The number of para-hydroxylation sites is 1. The lowest BCUT2D eigenvalue weighted by Crippen LogP contribution is -2.39. The average molecular weight is 542 g/mol. The summed E-state index contributed by atoms with van der Waals surface area (Å²) in [4.78, 5) is 35.5. The summed E-state index contributed by atoms with van der Waals surface area (Å²) in [6, 6.07) is 14.0. The van der Waals surface area contributed by atoms with E-state index in [1.54, 1.807) is 12.4 Å². The molecule has 4 aromatic heterocycles. The van der Waals surface area contributed by atoms with E-state index in [0.29, 0.717) is 22.3 Å². The highest BCUT2D eigenvalue weighted by Gasteiger charge is 2.20. The van der Waals surface area contributed by atoms with Crippen molar-refractivity contribution in [2.24, 2.45) is 5.73 Å². The first-order chi connectivity index (χ1) is 18.5. The van der Waals surface area contributed by atoms with Gasteiger partial charge in [0.1, 0.15) is 25.2 Å². The molecule has 1 saturated heterocycles. The number of fused-ring (bicyclic) bond motifs is 1. The predicted molar refractivity (Wildman–Crippen MR) is 153 cm³/mol. The maximum absolute atomic E-state index is 13.3. The number of benzene rings is 1. The number of pyridine rings is 2. The predicted octanol–water partition coefficient (Wildman–Crippen LogP) is 5.36. The third-order valence-electron chi connectivity index (χ3n) is 6.66. The molecule has 38 heavy (non-hydrogen) atoms. The number of rotatable bonds is 6. The molecule has 0 unspecified atom stereocenters. The van der Waals surface area contributed by atoms with Gasteiger partial charge in [0, 0.05) is 42.3 Å². The van der Waals surface area contributed by atoms with Gasteiger partial charge in [-0.2, -0.15) is 0 Å². The van der Waals surface area contributed by atoms with Gasteiger partial charge >= 0.3 is 0 Å². The Morgan fingerprint density at radius 1 is 1.08 bits per heavy atom. The molecule has 1 aromatic carbocycles.